The Morgan fingerprint density at radius 1 is 1.64 bits per heavy atom. The van der Waals surface area contributed by atoms with Crippen molar-refractivity contribution in [1.29, 1.82) is 0 Å². The molecule has 0 fully saturated rings. The predicted octanol–water partition coefficient (Wildman–Crippen LogP) is 1.97. The maximum Gasteiger partial charge on any atom is 0.223 e. The van der Waals surface area contributed by atoms with E-state index in [1.165, 1.54) is 0 Å². The molecule has 0 atom stereocenters. The molecular formula is C8H10N2O. The van der Waals surface area contributed by atoms with Crippen molar-refractivity contribution in [1.82, 2.24) is 10.1 Å². The van der Waals surface area contributed by atoms with Gasteiger partial charge >= 0.3 is 0 Å². The van der Waals surface area contributed by atoms with Crippen LogP contribution in [0.25, 0.3) is 5.57 Å². The van der Waals surface area contributed by atoms with Crippen LogP contribution in [-0.2, 0) is 0 Å². The molecule has 0 aliphatic rings. The van der Waals surface area contributed by atoms with Gasteiger partial charge in [0.1, 0.15) is 0 Å². The van der Waals surface area contributed by atoms with Crippen LogP contribution in [0.15, 0.2) is 23.3 Å². The molecule has 0 unspecified atom stereocenters. The van der Waals surface area contributed by atoms with Crippen LogP contribution in [0.1, 0.15) is 18.6 Å². The molecule has 1 aromatic heterocycles. The lowest BCUT2D eigenvalue weighted by atomic mass is 10.3. The van der Waals surface area contributed by atoms with E-state index in [4.69, 9.17) is 4.52 Å². The fourth-order valence-electron chi connectivity index (χ4n) is 0.711. The van der Waals surface area contributed by atoms with Crippen molar-refractivity contribution in [3.05, 3.63) is 30.4 Å². The Kier molecular flexibility index (Phi) is 2.21. The first-order chi connectivity index (χ1) is 5.24. The third-order valence-electron chi connectivity index (χ3n) is 1.25. The van der Waals surface area contributed by atoms with Gasteiger partial charge in [0.15, 0.2) is 5.82 Å². The third kappa shape index (κ3) is 1.77. The van der Waals surface area contributed by atoms with Crippen LogP contribution in [0.4, 0.5) is 0 Å². The molecule has 0 aromatic carbocycles. The minimum absolute atomic E-state index is 0.580. The van der Waals surface area contributed by atoms with Gasteiger partial charge in [0.25, 0.3) is 0 Å². The van der Waals surface area contributed by atoms with Gasteiger partial charge in [-0.05, 0) is 12.5 Å². The molecule has 0 N–H and O–H groups in total. The first kappa shape index (κ1) is 7.72. The summed E-state index contributed by atoms with van der Waals surface area (Å²) < 4.78 is 4.80. The number of nitrogens with zero attached hydrogens (tertiary/aromatic N) is 2. The molecule has 11 heavy (non-hydrogen) atoms. The van der Waals surface area contributed by atoms with E-state index in [0.29, 0.717) is 11.7 Å². The van der Waals surface area contributed by atoms with Crippen molar-refractivity contribution in [2.75, 3.05) is 0 Å². The minimum atomic E-state index is 0.580. The van der Waals surface area contributed by atoms with E-state index in [0.717, 1.165) is 5.57 Å². The van der Waals surface area contributed by atoms with Crippen LogP contribution < -0.4 is 0 Å². The van der Waals surface area contributed by atoms with Gasteiger partial charge in [-0.15, -0.1) is 0 Å². The monoisotopic (exact) mass is 150 g/mol. The zero-order valence-corrected chi connectivity index (χ0v) is 6.66. The van der Waals surface area contributed by atoms with Crippen molar-refractivity contribution in [2.24, 2.45) is 0 Å². The van der Waals surface area contributed by atoms with Crippen molar-refractivity contribution in [2.45, 2.75) is 13.8 Å². The van der Waals surface area contributed by atoms with E-state index in [1.54, 1.807) is 13.0 Å². The standard InChI is InChI=1S/C8H10N2O/c1-4-5-6(2)8-9-7(3)11-10-8/h4-5H,1H2,2-3H3/b6-5+. The van der Waals surface area contributed by atoms with Crippen LogP contribution >= 0.6 is 0 Å². The molecule has 58 valence electrons. The van der Waals surface area contributed by atoms with Crippen molar-refractivity contribution < 1.29 is 4.52 Å². The zero-order chi connectivity index (χ0) is 8.27. The molecule has 3 heteroatoms. The number of hydrogen-bond donors (Lipinski definition) is 0. The highest BCUT2D eigenvalue weighted by Crippen LogP contribution is 2.08. The number of aromatic nitrogens is 2. The van der Waals surface area contributed by atoms with Gasteiger partial charge in [-0.25, -0.2) is 0 Å². The molecule has 1 heterocycles. The SMILES string of the molecule is C=C/C=C(\C)c1noc(C)n1. The fourth-order valence-corrected chi connectivity index (χ4v) is 0.711. The average Bonchev–Trinajstić information content (AvgIpc) is 2.36. The average molecular weight is 150 g/mol. The molecule has 3 nitrogen and oxygen atoms in total. The van der Waals surface area contributed by atoms with Gasteiger partial charge in [-0.1, -0.05) is 23.9 Å². The molecule has 0 radical (unpaired) electrons. The lowest BCUT2D eigenvalue weighted by Crippen LogP contribution is -1.81. The van der Waals surface area contributed by atoms with Gasteiger partial charge in [-0.2, -0.15) is 4.98 Å². The summed E-state index contributed by atoms with van der Waals surface area (Å²) in [4.78, 5) is 4.04. The van der Waals surface area contributed by atoms with E-state index in [2.05, 4.69) is 16.7 Å². The van der Waals surface area contributed by atoms with Gasteiger partial charge < -0.3 is 4.52 Å². The van der Waals surface area contributed by atoms with Crippen molar-refractivity contribution in [3.63, 3.8) is 0 Å². The Bertz CT molecular complexity index is 286. The summed E-state index contributed by atoms with van der Waals surface area (Å²) in [5.41, 5.74) is 0.955. The van der Waals surface area contributed by atoms with Crippen molar-refractivity contribution in [3.8, 4) is 0 Å². The van der Waals surface area contributed by atoms with Crippen molar-refractivity contribution >= 4 is 5.57 Å². The summed E-state index contributed by atoms with van der Waals surface area (Å²) >= 11 is 0. The molecule has 1 rings (SSSR count). The highest BCUT2D eigenvalue weighted by atomic mass is 16.5. The Balaban J connectivity index is 2.93. The molecule has 1 aromatic rings. The number of hydrogen-bond acceptors (Lipinski definition) is 3. The normalized spacial score (nSPS) is 11.6. The maximum atomic E-state index is 4.80. The summed E-state index contributed by atoms with van der Waals surface area (Å²) in [6, 6.07) is 0. The summed E-state index contributed by atoms with van der Waals surface area (Å²) in [5.74, 6) is 1.21. The lowest BCUT2D eigenvalue weighted by molar-refractivity contribution is 0.391. The first-order valence-corrected chi connectivity index (χ1v) is 3.34. The quantitative estimate of drug-likeness (QED) is 0.605. The highest BCUT2D eigenvalue weighted by molar-refractivity contribution is 5.58. The van der Waals surface area contributed by atoms with E-state index in [9.17, 15) is 0 Å². The van der Waals surface area contributed by atoms with Gasteiger partial charge in [0.05, 0.1) is 0 Å². The smallest absolute Gasteiger partial charge is 0.223 e. The lowest BCUT2D eigenvalue weighted by Gasteiger charge is -1.86. The molecule has 0 amide bonds. The highest BCUT2D eigenvalue weighted by Gasteiger charge is 2.01. The number of allylic oxidation sites excluding steroid dienone is 3. The second-order valence-corrected chi connectivity index (χ2v) is 2.22. The molecular weight excluding hydrogens is 140 g/mol. The Labute approximate surface area is 65.4 Å². The van der Waals surface area contributed by atoms with Gasteiger partial charge in [0.2, 0.25) is 5.89 Å². The van der Waals surface area contributed by atoms with E-state index in [1.807, 2.05) is 13.0 Å². The molecule has 0 aliphatic heterocycles. The summed E-state index contributed by atoms with van der Waals surface area (Å²) in [7, 11) is 0. The largest absolute Gasteiger partial charge is 0.339 e. The van der Waals surface area contributed by atoms with Gasteiger partial charge in [-0.3, -0.25) is 0 Å². The molecule has 0 spiro atoms. The predicted molar refractivity (Wildman–Crippen MR) is 42.9 cm³/mol. The Morgan fingerprint density at radius 2 is 2.36 bits per heavy atom. The van der Waals surface area contributed by atoms with E-state index < -0.39 is 0 Å². The number of rotatable bonds is 2. The minimum Gasteiger partial charge on any atom is -0.339 e. The topological polar surface area (TPSA) is 38.9 Å². The summed E-state index contributed by atoms with van der Waals surface area (Å²) in [5, 5.41) is 3.73. The van der Waals surface area contributed by atoms with E-state index >= 15 is 0 Å². The van der Waals surface area contributed by atoms with Crippen LogP contribution in [0.2, 0.25) is 0 Å². The third-order valence-corrected chi connectivity index (χ3v) is 1.25. The van der Waals surface area contributed by atoms with Crippen LogP contribution in [0.5, 0.6) is 0 Å². The molecule has 0 aliphatic carbocycles. The zero-order valence-electron chi connectivity index (χ0n) is 6.66. The summed E-state index contributed by atoms with van der Waals surface area (Å²) in [6.45, 7) is 7.24. The first-order valence-electron chi connectivity index (χ1n) is 3.34. The molecule has 0 saturated heterocycles. The maximum absolute atomic E-state index is 4.80. The van der Waals surface area contributed by atoms with Gasteiger partial charge in [0, 0.05) is 6.92 Å². The van der Waals surface area contributed by atoms with E-state index in [-0.39, 0.29) is 0 Å². The molecule has 0 bridgehead atoms. The summed E-state index contributed by atoms with van der Waals surface area (Å²) in [6.07, 6.45) is 3.53. The van der Waals surface area contributed by atoms with Crippen LogP contribution in [-0.4, -0.2) is 10.1 Å². The Hall–Kier alpha value is -1.38. The molecule has 0 saturated carbocycles. The fraction of sp³-hybridized carbons (Fsp3) is 0.250. The number of aryl methyl sites for hydroxylation is 1. The second kappa shape index (κ2) is 3.14. The van der Waals surface area contributed by atoms with Crippen LogP contribution in [0, 0.1) is 6.92 Å². The van der Waals surface area contributed by atoms with Crippen LogP contribution in [0.3, 0.4) is 0 Å². The second-order valence-electron chi connectivity index (χ2n) is 2.22. The Morgan fingerprint density at radius 3 is 2.82 bits per heavy atom.